The van der Waals surface area contributed by atoms with E-state index in [9.17, 15) is 4.79 Å². The van der Waals surface area contributed by atoms with Gasteiger partial charge in [-0.1, -0.05) is 30.5 Å². The van der Waals surface area contributed by atoms with Gasteiger partial charge >= 0.3 is 0 Å². The summed E-state index contributed by atoms with van der Waals surface area (Å²) in [6.07, 6.45) is 1.76. The molecule has 3 nitrogen and oxygen atoms in total. The highest BCUT2D eigenvalue weighted by molar-refractivity contribution is 8.19. The monoisotopic (exact) mass is 240 g/mol. The summed E-state index contributed by atoms with van der Waals surface area (Å²) in [5.41, 5.74) is 1.87. The summed E-state index contributed by atoms with van der Waals surface area (Å²) in [4.78, 5) is 20.0. The van der Waals surface area contributed by atoms with Crippen LogP contribution in [0.15, 0.2) is 53.0 Å². The molecule has 0 N–H and O–H groups in total. The second-order valence-corrected chi connectivity index (χ2v) is 4.74. The van der Waals surface area contributed by atoms with E-state index in [1.807, 2.05) is 30.3 Å². The fraction of sp³-hybridized carbons (Fsp3) is 0. The highest BCUT2D eigenvalue weighted by Gasteiger charge is 2.20. The van der Waals surface area contributed by atoms with Crippen molar-refractivity contribution in [2.45, 2.75) is 0 Å². The predicted molar refractivity (Wildman–Crippen MR) is 70.0 cm³/mol. The number of thioether (sulfide) groups is 1. The smallest absolute Gasteiger partial charge is 0.266 e. The van der Waals surface area contributed by atoms with Gasteiger partial charge < -0.3 is 0 Å². The maximum absolute atomic E-state index is 11.3. The average molecular weight is 240 g/mol. The number of aromatic nitrogens is 1. The Balaban J connectivity index is 2.10. The number of amides is 1. The molecular weight excluding hydrogens is 232 g/mol. The number of hydrogen-bond donors (Lipinski definition) is 0. The first kappa shape index (κ1) is 10.2. The van der Waals surface area contributed by atoms with Crippen molar-refractivity contribution in [2.75, 3.05) is 0 Å². The SMILES string of the molecule is C=C1SC(c2ccc3ncccc3c2)=NC1=O. The molecular formula is C13H8N2OS. The molecule has 1 aromatic heterocycles. The number of carbonyl (C=O) groups excluding carboxylic acids is 1. The van der Waals surface area contributed by atoms with Gasteiger partial charge in [0, 0.05) is 17.1 Å². The molecule has 2 aromatic rings. The molecule has 17 heavy (non-hydrogen) atoms. The van der Waals surface area contributed by atoms with Gasteiger partial charge in [-0.3, -0.25) is 9.78 Å². The summed E-state index contributed by atoms with van der Waals surface area (Å²) in [6, 6.07) is 9.72. The minimum Gasteiger partial charge on any atom is -0.266 e. The molecule has 0 unspecified atom stereocenters. The fourth-order valence-electron chi connectivity index (χ4n) is 1.67. The van der Waals surface area contributed by atoms with Gasteiger partial charge in [0.15, 0.2) is 0 Å². The Morgan fingerprint density at radius 3 is 2.88 bits per heavy atom. The molecule has 1 aliphatic rings. The molecule has 0 saturated heterocycles. The normalized spacial score (nSPS) is 15.4. The van der Waals surface area contributed by atoms with Crippen LogP contribution in [0.3, 0.4) is 0 Å². The molecule has 82 valence electrons. The summed E-state index contributed by atoms with van der Waals surface area (Å²) in [5.74, 6) is -0.240. The van der Waals surface area contributed by atoms with Crippen LogP contribution in [0.1, 0.15) is 5.56 Å². The zero-order chi connectivity index (χ0) is 11.8. The molecule has 0 aliphatic carbocycles. The van der Waals surface area contributed by atoms with E-state index in [0.29, 0.717) is 9.95 Å². The van der Waals surface area contributed by atoms with Crippen molar-refractivity contribution >= 4 is 33.6 Å². The number of benzene rings is 1. The van der Waals surface area contributed by atoms with E-state index in [2.05, 4.69) is 16.6 Å². The van der Waals surface area contributed by atoms with E-state index in [1.165, 1.54) is 11.8 Å². The van der Waals surface area contributed by atoms with Crippen LogP contribution >= 0.6 is 11.8 Å². The largest absolute Gasteiger partial charge is 0.284 e. The predicted octanol–water partition coefficient (Wildman–Crippen LogP) is 2.77. The van der Waals surface area contributed by atoms with Crippen molar-refractivity contribution in [1.29, 1.82) is 0 Å². The van der Waals surface area contributed by atoms with Gasteiger partial charge in [0.2, 0.25) is 0 Å². The molecule has 0 radical (unpaired) electrons. The van der Waals surface area contributed by atoms with Crippen molar-refractivity contribution in [2.24, 2.45) is 4.99 Å². The maximum Gasteiger partial charge on any atom is 0.284 e. The van der Waals surface area contributed by atoms with E-state index in [-0.39, 0.29) is 5.91 Å². The standard InChI is InChI=1S/C13H8N2OS/c1-8-12(16)15-13(17-8)10-4-5-11-9(7-10)3-2-6-14-11/h2-7H,1H2. The Bertz CT molecular complexity index is 676. The summed E-state index contributed by atoms with van der Waals surface area (Å²) >= 11 is 1.32. The number of fused-ring (bicyclic) bond motifs is 1. The Kier molecular flexibility index (Phi) is 2.30. The molecule has 0 saturated carbocycles. The van der Waals surface area contributed by atoms with E-state index >= 15 is 0 Å². The number of pyridine rings is 1. The number of hydrogen-bond acceptors (Lipinski definition) is 3. The lowest BCUT2D eigenvalue weighted by atomic mass is 10.1. The summed E-state index contributed by atoms with van der Waals surface area (Å²) in [7, 11) is 0. The lowest BCUT2D eigenvalue weighted by molar-refractivity contribution is -0.113. The highest BCUT2D eigenvalue weighted by atomic mass is 32.2. The molecule has 0 atom stereocenters. The number of carbonyl (C=O) groups is 1. The van der Waals surface area contributed by atoms with Gasteiger partial charge in [-0.15, -0.1) is 0 Å². The van der Waals surface area contributed by atoms with Crippen LogP contribution in [0.25, 0.3) is 10.9 Å². The lowest BCUT2D eigenvalue weighted by Gasteiger charge is -2.01. The molecule has 1 aromatic carbocycles. The molecule has 1 aliphatic heterocycles. The fourth-order valence-corrected chi connectivity index (χ4v) is 2.41. The Labute approximate surface area is 102 Å². The number of rotatable bonds is 1. The maximum atomic E-state index is 11.3. The summed E-state index contributed by atoms with van der Waals surface area (Å²) < 4.78 is 0. The van der Waals surface area contributed by atoms with Gasteiger partial charge in [0.05, 0.1) is 10.4 Å². The molecule has 4 heteroatoms. The zero-order valence-corrected chi connectivity index (χ0v) is 9.70. The molecule has 0 bridgehead atoms. The third kappa shape index (κ3) is 1.76. The molecule has 0 fully saturated rings. The van der Waals surface area contributed by atoms with Crippen molar-refractivity contribution in [1.82, 2.24) is 4.98 Å². The number of aliphatic imine (C=N–C) groups is 1. The van der Waals surface area contributed by atoms with Gasteiger partial charge in [0.25, 0.3) is 5.91 Å². The van der Waals surface area contributed by atoms with E-state index in [0.717, 1.165) is 16.5 Å². The molecule has 1 amide bonds. The first-order valence-corrected chi connectivity index (χ1v) is 5.90. The van der Waals surface area contributed by atoms with Gasteiger partial charge in [-0.05, 0) is 18.2 Å². The van der Waals surface area contributed by atoms with Gasteiger partial charge in [0.1, 0.15) is 5.04 Å². The topological polar surface area (TPSA) is 42.3 Å². The Morgan fingerprint density at radius 1 is 1.24 bits per heavy atom. The van der Waals surface area contributed by atoms with E-state index in [4.69, 9.17) is 0 Å². The van der Waals surface area contributed by atoms with Crippen molar-refractivity contribution in [3.63, 3.8) is 0 Å². The quantitative estimate of drug-likeness (QED) is 0.720. The van der Waals surface area contributed by atoms with Gasteiger partial charge in [-0.25, -0.2) is 4.99 Å². The second-order valence-electron chi connectivity index (χ2n) is 3.66. The van der Waals surface area contributed by atoms with Crippen molar-refractivity contribution < 1.29 is 4.79 Å². The van der Waals surface area contributed by atoms with Crippen LogP contribution in [0.2, 0.25) is 0 Å². The third-order valence-corrected chi connectivity index (χ3v) is 3.45. The molecule has 3 rings (SSSR count). The Hall–Kier alpha value is -1.94. The third-order valence-electron chi connectivity index (χ3n) is 2.51. The second kappa shape index (κ2) is 3.82. The van der Waals surface area contributed by atoms with Crippen LogP contribution in [0, 0.1) is 0 Å². The number of nitrogens with zero attached hydrogens (tertiary/aromatic N) is 2. The van der Waals surface area contributed by atoms with Crippen LogP contribution in [0.4, 0.5) is 0 Å². The van der Waals surface area contributed by atoms with E-state index in [1.54, 1.807) is 6.20 Å². The first-order valence-electron chi connectivity index (χ1n) is 5.09. The molecule has 2 heterocycles. The van der Waals surface area contributed by atoms with Crippen LogP contribution < -0.4 is 0 Å². The van der Waals surface area contributed by atoms with Crippen molar-refractivity contribution in [3.05, 3.63) is 53.6 Å². The van der Waals surface area contributed by atoms with Gasteiger partial charge in [-0.2, -0.15) is 0 Å². The first-order chi connectivity index (χ1) is 8.24. The van der Waals surface area contributed by atoms with E-state index < -0.39 is 0 Å². The Morgan fingerprint density at radius 2 is 2.12 bits per heavy atom. The average Bonchev–Trinajstić information content (AvgIpc) is 2.69. The van der Waals surface area contributed by atoms with Crippen LogP contribution in [-0.2, 0) is 4.79 Å². The van der Waals surface area contributed by atoms with Crippen LogP contribution in [0.5, 0.6) is 0 Å². The highest BCUT2D eigenvalue weighted by Crippen LogP contribution is 2.29. The minimum absolute atomic E-state index is 0.240. The van der Waals surface area contributed by atoms with Crippen molar-refractivity contribution in [3.8, 4) is 0 Å². The molecule has 0 spiro atoms. The van der Waals surface area contributed by atoms with Crippen LogP contribution in [-0.4, -0.2) is 15.9 Å². The zero-order valence-electron chi connectivity index (χ0n) is 8.88. The minimum atomic E-state index is -0.240. The lowest BCUT2D eigenvalue weighted by Crippen LogP contribution is -1.92. The summed E-state index contributed by atoms with van der Waals surface area (Å²) in [5, 5.41) is 1.75. The summed E-state index contributed by atoms with van der Waals surface area (Å²) in [6.45, 7) is 3.66.